The van der Waals surface area contributed by atoms with Gasteiger partial charge in [-0.3, -0.25) is 0 Å². The van der Waals surface area contributed by atoms with Crippen molar-refractivity contribution in [3.8, 4) is 11.5 Å². The van der Waals surface area contributed by atoms with Gasteiger partial charge in [-0.05, 0) is 49.7 Å². The highest BCUT2D eigenvalue weighted by Gasteiger charge is 2.51. The highest BCUT2D eigenvalue weighted by Crippen LogP contribution is 3.00. The number of hydrogen-bond donors (Lipinski definition) is 2. The van der Waals surface area contributed by atoms with E-state index in [1.807, 2.05) is 35.1 Å². The third kappa shape index (κ3) is 3.09. The summed E-state index contributed by atoms with van der Waals surface area (Å²) in [5.74, 6) is 1.74. The summed E-state index contributed by atoms with van der Waals surface area (Å²) in [6.07, 6.45) is 0. The maximum atomic E-state index is 5.22. The molecule has 2 aromatic rings. The lowest BCUT2D eigenvalue weighted by atomic mass is 10.2. The van der Waals surface area contributed by atoms with Crippen LogP contribution in [0.25, 0.3) is 0 Å². The lowest BCUT2D eigenvalue weighted by molar-refractivity contribution is 0.414. The van der Waals surface area contributed by atoms with Crippen molar-refractivity contribution in [3.63, 3.8) is 0 Å². The first-order valence-electron chi connectivity index (χ1n) is 6.55. The first-order chi connectivity index (χ1) is 10.5. The average molecular weight is 389 g/mol. The second-order valence-electron chi connectivity index (χ2n) is 4.76. The normalized spacial score (nSPS) is 31.1. The first-order valence-corrected chi connectivity index (χ1v) is 12.7. The molecule has 2 nitrogen and oxygen atoms in total. The molecule has 1 aliphatic heterocycles. The van der Waals surface area contributed by atoms with Crippen LogP contribution >= 0.6 is 50.6 Å². The van der Waals surface area contributed by atoms with E-state index in [9.17, 15) is 0 Å². The molecule has 1 fully saturated rings. The zero-order chi connectivity index (χ0) is 15.8. The summed E-state index contributed by atoms with van der Waals surface area (Å²) < 4.78 is 10.3. The zero-order valence-corrected chi connectivity index (χ0v) is 16.6. The maximum Gasteiger partial charge on any atom is 0.119 e. The lowest BCUT2D eigenvalue weighted by Gasteiger charge is -2.54. The third-order valence-corrected chi connectivity index (χ3v) is 17.1. The minimum Gasteiger partial charge on any atom is -0.497 e. The van der Waals surface area contributed by atoms with Gasteiger partial charge in [0.15, 0.2) is 0 Å². The quantitative estimate of drug-likeness (QED) is 0.397. The molecule has 3 atom stereocenters. The molecule has 2 aromatic carbocycles. The largest absolute Gasteiger partial charge is 0.497 e. The number of benzene rings is 2. The Kier molecular flexibility index (Phi) is 4.87. The third-order valence-electron chi connectivity index (χ3n) is 3.38. The van der Waals surface area contributed by atoms with Gasteiger partial charge in [0, 0.05) is 4.90 Å². The van der Waals surface area contributed by atoms with E-state index < -0.39 is 7.71 Å². The molecule has 0 bridgehead atoms. The minimum atomic E-state index is -1.14. The van der Waals surface area contributed by atoms with E-state index in [1.54, 1.807) is 14.2 Å². The van der Waals surface area contributed by atoms with E-state index in [2.05, 4.69) is 24.3 Å². The highest BCUT2D eigenvalue weighted by atomic mass is 33.7. The van der Waals surface area contributed by atoms with Crippen LogP contribution in [0.1, 0.15) is 5.56 Å². The van der Waals surface area contributed by atoms with Crippen LogP contribution in [0.2, 0.25) is 0 Å². The smallest absolute Gasteiger partial charge is 0.119 e. The molecule has 22 heavy (non-hydrogen) atoms. The van der Waals surface area contributed by atoms with Gasteiger partial charge >= 0.3 is 0 Å². The van der Waals surface area contributed by atoms with Crippen molar-refractivity contribution in [1.29, 1.82) is 0 Å². The Morgan fingerprint density at radius 1 is 0.955 bits per heavy atom. The van der Waals surface area contributed by atoms with Gasteiger partial charge in [0.25, 0.3) is 0 Å². The topological polar surface area (TPSA) is 18.5 Å². The standard InChI is InChI=1S/C15H17O2PS4/c1-16-12-5-3-11(4-6-12)15(19)18-22(20,21-15)14-9-7-13(17-2)8-10-14/h3-10,18-20H,1-2H3. The fourth-order valence-electron chi connectivity index (χ4n) is 2.16. The van der Waals surface area contributed by atoms with Gasteiger partial charge in [0.2, 0.25) is 0 Å². The van der Waals surface area contributed by atoms with Crippen LogP contribution in [0.3, 0.4) is 0 Å². The summed E-state index contributed by atoms with van der Waals surface area (Å²) in [5.41, 5.74) is 1.21. The monoisotopic (exact) mass is 388 g/mol. The number of thiol groups is 2. The number of methoxy groups -OCH3 is 2. The summed E-state index contributed by atoms with van der Waals surface area (Å²) >= 11 is 9.88. The molecule has 1 heterocycles. The van der Waals surface area contributed by atoms with E-state index in [-0.39, 0.29) is 3.82 Å². The van der Waals surface area contributed by atoms with Crippen molar-refractivity contribution in [2.45, 2.75) is 8.72 Å². The van der Waals surface area contributed by atoms with Crippen molar-refractivity contribution in [2.75, 3.05) is 14.2 Å². The Morgan fingerprint density at radius 3 is 1.86 bits per heavy atom. The van der Waals surface area contributed by atoms with Crippen LogP contribution in [0.4, 0.5) is 0 Å². The molecule has 0 saturated carbocycles. The summed E-state index contributed by atoms with van der Waals surface area (Å²) in [7, 11) is 4.73. The Hall–Kier alpha value is -0.130. The molecule has 7 heteroatoms. The van der Waals surface area contributed by atoms with Crippen LogP contribution in [-0.2, 0) is 3.82 Å². The van der Waals surface area contributed by atoms with Crippen molar-refractivity contribution in [2.24, 2.45) is 0 Å². The van der Waals surface area contributed by atoms with Crippen LogP contribution in [0.15, 0.2) is 53.4 Å². The van der Waals surface area contributed by atoms with E-state index in [1.165, 1.54) is 10.5 Å². The fraction of sp³-hybridized carbons (Fsp3) is 0.200. The predicted molar refractivity (Wildman–Crippen MR) is 107 cm³/mol. The van der Waals surface area contributed by atoms with Gasteiger partial charge in [0.05, 0.1) is 14.2 Å². The molecule has 0 amide bonds. The molecule has 3 rings (SSSR count). The molecule has 1 saturated heterocycles. The van der Waals surface area contributed by atoms with Crippen molar-refractivity contribution in [3.05, 3.63) is 54.1 Å². The van der Waals surface area contributed by atoms with Crippen LogP contribution in [-0.4, -0.2) is 14.2 Å². The molecule has 0 spiro atoms. The molecule has 0 aromatic heterocycles. The van der Waals surface area contributed by atoms with Gasteiger partial charge in [-0.1, -0.05) is 30.6 Å². The van der Waals surface area contributed by atoms with E-state index >= 15 is 0 Å². The Morgan fingerprint density at radius 2 is 1.41 bits per heavy atom. The summed E-state index contributed by atoms with van der Waals surface area (Å²) in [5, 5.41) is 0. The Bertz CT molecular complexity index is 597. The SMILES string of the molecule is COc1ccc(C2(S)PS(S)(c3ccc(OC)cc3)S2)cc1. The molecular formula is C15H17O2PS4. The molecule has 118 valence electrons. The van der Waals surface area contributed by atoms with Gasteiger partial charge in [0.1, 0.15) is 15.3 Å². The summed E-state index contributed by atoms with van der Waals surface area (Å²) in [6, 6.07) is 16.4. The van der Waals surface area contributed by atoms with Gasteiger partial charge in [-0.2, -0.15) is 12.6 Å². The molecule has 1 aliphatic rings. The molecule has 0 N–H and O–H groups in total. The predicted octanol–water partition coefficient (Wildman–Crippen LogP) is 5.71. The highest BCUT2D eigenvalue weighted by molar-refractivity contribution is 9.42. The van der Waals surface area contributed by atoms with Crippen LogP contribution in [0.5, 0.6) is 11.5 Å². The van der Waals surface area contributed by atoms with E-state index in [4.69, 9.17) is 33.8 Å². The molecule has 3 unspecified atom stereocenters. The van der Waals surface area contributed by atoms with Crippen molar-refractivity contribution >= 4 is 50.6 Å². The fourth-order valence-corrected chi connectivity index (χ4v) is 20.6. The maximum absolute atomic E-state index is 5.22. The second-order valence-corrected chi connectivity index (χ2v) is 18.5. The number of hydrogen-bond acceptors (Lipinski definition) is 5. The number of rotatable bonds is 4. The summed E-state index contributed by atoms with van der Waals surface area (Å²) in [6.45, 7) is 0. The van der Waals surface area contributed by atoms with E-state index in [0.29, 0.717) is 7.78 Å². The van der Waals surface area contributed by atoms with Crippen molar-refractivity contribution in [1.82, 2.24) is 0 Å². The van der Waals surface area contributed by atoms with Gasteiger partial charge in [-0.15, -0.1) is 11.7 Å². The number of ether oxygens (including phenoxy) is 2. The lowest BCUT2D eigenvalue weighted by Crippen LogP contribution is -2.16. The zero-order valence-electron chi connectivity index (χ0n) is 12.1. The first kappa shape index (κ1) is 16.7. The van der Waals surface area contributed by atoms with Gasteiger partial charge in [-0.25, -0.2) is 0 Å². The molecular weight excluding hydrogens is 371 g/mol. The molecule has 0 radical (unpaired) electrons. The van der Waals surface area contributed by atoms with Crippen molar-refractivity contribution < 1.29 is 9.47 Å². The van der Waals surface area contributed by atoms with Gasteiger partial charge < -0.3 is 9.47 Å². The average Bonchev–Trinajstić information content (AvgIpc) is 2.53. The summed E-state index contributed by atoms with van der Waals surface area (Å²) in [4.78, 5) is 1.28. The minimum absolute atomic E-state index is 0.150. The Labute approximate surface area is 148 Å². The van der Waals surface area contributed by atoms with Crippen LogP contribution < -0.4 is 9.47 Å². The second kappa shape index (κ2) is 6.40. The van der Waals surface area contributed by atoms with E-state index in [0.717, 1.165) is 11.5 Å². The Balaban J connectivity index is 1.77. The molecule has 0 aliphatic carbocycles. The van der Waals surface area contributed by atoms with Crippen LogP contribution in [0, 0.1) is 0 Å².